The molecule has 0 unspecified atom stereocenters. The van der Waals surface area contributed by atoms with Gasteiger partial charge in [-0.3, -0.25) is 4.31 Å². The summed E-state index contributed by atoms with van der Waals surface area (Å²) in [5, 5.41) is 0. The van der Waals surface area contributed by atoms with Gasteiger partial charge in [-0.1, -0.05) is 54.6 Å². The van der Waals surface area contributed by atoms with E-state index in [4.69, 9.17) is 4.74 Å². The standard InChI is InChI=1S/C20H19NO3S/c1-24-19-12-8-11-18(15-19)21(16-17-9-4-2-5-10-17)25(22,23)20-13-6-3-7-14-20/h2-15H,16H2,1H3. The van der Waals surface area contributed by atoms with Crippen LogP contribution >= 0.6 is 0 Å². The molecule has 3 rings (SSSR count). The number of nitrogens with zero attached hydrogens (tertiary/aromatic N) is 1. The predicted octanol–water partition coefficient (Wildman–Crippen LogP) is 4.09. The average Bonchev–Trinajstić information content (AvgIpc) is 2.67. The normalized spacial score (nSPS) is 11.1. The Kier molecular flexibility index (Phi) is 5.05. The first-order valence-corrected chi connectivity index (χ1v) is 9.31. The first-order valence-electron chi connectivity index (χ1n) is 7.87. The lowest BCUT2D eigenvalue weighted by Gasteiger charge is -2.25. The van der Waals surface area contributed by atoms with Gasteiger partial charge in [0.1, 0.15) is 5.75 Å². The Bertz CT molecular complexity index is 925. The molecule has 0 heterocycles. The number of hydrogen-bond acceptors (Lipinski definition) is 3. The lowest BCUT2D eigenvalue weighted by Crippen LogP contribution is -2.30. The first kappa shape index (κ1) is 17.0. The third-order valence-electron chi connectivity index (χ3n) is 3.84. The molecule has 5 heteroatoms. The topological polar surface area (TPSA) is 46.6 Å². The highest BCUT2D eigenvalue weighted by Crippen LogP contribution is 2.28. The maximum atomic E-state index is 13.2. The number of methoxy groups -OCH3 is 1. The maximum Gasteiger partial charge on any atom is 0.264 e. The van der Waals surface area contributed by atoms with Crippen LogP contribution in [-0.4, -0.2) is 15.5 Å². The summed E-state index contributed by atoms with van der Waals surface area (Å²) in [6.45, 7) is 0.241. The van der Waals surface area contributed by atoms with E-state index in [2.05, 4.69) is 0 Å². The van der Waals surface area contributed by atoms with E-state index >= 15 is 0 Å². The Labute approximate surface area is 148 Å². The summed E-state index contributed by atoms with van der Waals surface area (Å²) < 4.78 is 33.1. The minimum atomic E-state index is -3.70. The van der Waals surface area contributed by atoms with Gasteiger partial charge in [-0.05, 0) is 29.8 Å². The molecule has 0 amide bonds. The van der Waals surface area contributed by atoms with Crippen molar-refractivity contribution in [1.82, 2.24) is 0 Å². The van der Waals surface area contributed by atoms with E-state index in [9.17, 15) is 8.42 Å². The van der Waals surface area contributed by atoms with Crippen LogP contribution in [0, 0.1) is 0 Å². The number of hydrogen-bond donors (Lipinski definition) is 0. The van der Waals surface area contributed by atoms with Crippen molar-refractivity contribution in [1.29, 1.82) is 0 Å². The van der Waals surface area contributed by atoms with E-state index in [0.717, 1.165) is 5.56 Å². The highest BCUT2D eigenvalue weighted by atomic mass is 32.2. The molecule has 4 nitrogen and oxygen atoms in total. The highest BCUT2D eigenvalue weighted by molar-refractivity contribution is 7.92. The highest BCUT2D eigenvalue weighted by Gasteiger charge is 2.25. The van der Waals surface area contributed by atoms with Crippen LogP contribution < -0.4 is 9.04 Å². The molecule has 0 aliphatic carbocycles. The first-order chi connectivity index (χ1) is 12.1. The second kappa shape index (κ2) is 7.40. The Morgan fingerprint density at radius 3 is 2.12 bits per heavy atom. The molecule has 0 saturated heterocycles. The van der Waals surface area contributed by atoms with Crippen LogP contribution in [0.25, 0.3) is 0 Å². The molecule has 0 bridgehead atoms. The lowest BCUT2D eigenvalue weighted by molar-refractivity contribution is 0.415. The average molecular weight is 353 g/mol. The Morgan fingerprint density at radius 2 is 1.48 bits per heavy atom. The van der Waals surface area contributed by atoms with E-state index in [1.54, 1.807) is 61.7 Å². The van der Waals surface area contributed by atoms with Crippen molar-refractivity contribution in [2.45, 2.75) is 11.4 Å². The van der Waals surface area contributed by atoms with Crippen molar-refractivity contribution < 1.29 is 13.2 Å². The van der Waals surface area contributed by atoms with E-state index in [0.29, 0.717) is 11.4 Å². The molecule has 0 aromatic heterocycles. The van der Waals surface area contributed by atoms with E-state index in [1.165, 1.54) is 4.31 Å². The van der Waals surface area contributed by atoms with Crippen molar-refractivity contribution in [2.75, 3.05) is 11.4 Å². The second-order valence-electron chi connectivity index (χ2n) is 5.51. The summed E-state index contributed by atoms with van der Waals surface area (Å²) in [6, 6.07) is 25.0. The number of anilines is 1. The zero-order chi connectivity index (χ0) is 17.7. The lowest BCUT2D eigenvalue weighted by atomic mass is 10.2. The number of benzene rings is 3. The van der Waals surface area contributed by atoms with Crippen LogP contribution in [-0.2, 0) is 16.6 Å². The zero-order valence-electron chi connectivity index (χ0n) is 13.9. The maximum absolute atomic E-state index is 13.2. The predicted molar refractivity (Wildman–Crippen MR) is 99.2 cm³/mol. The van der Waals surface area contributed by atoms with Crippen LogP contribution in [0.1, 0.15) is 5.56 Å². The van der Waals surface area contributed by atoms with E-state index in [1.807, 2.05) is 30.3 Å². The summed E-state index contributed by atoms with van der Waals surface area (Å²) in [5.74, 6) is 0.610. The summed E-state index contributed by atoms with van der Waals surface area (Å²) in [7, 11) is -2.14. The van der Waals surface area contributed by atoms with Crippen molar-refractivity contribution in [3.63, 3.8) is 0 Å². The molecule has 25 heavy (non-hydrogen) atoms. The van der Waals surface area contributed by atoms with Gasteiger partial charge in [0, 0.05) is 6.07 Å². The molecule has 3 aromatic rings. The van der Waals surface area contributed by atoms with Gasteiger partial charge in [0.15, 0.2) is 0 Å². The Hall–Kier alpha value is -2.79. The van der Waals surface area contributed by atoms with Crippen LogP contribution in [0.15, 0.2) is 89.8 Å². The third kappa shape index (κ3) is 3.83. The molecule has 0 aliphatic heterocycles. The quantitative estimate of drug-likeness (QED) is 0.670. The number of ether oxygens (including phenoxy) is 1. The van der Waals surface area contributed by atoms with Gasteiger partial charge in [0.05, 0.1) is 24.2 Å². The van der Waals surface area contributed by atoms with Crippen molar-refractivity contribution in [2.24, 2.45) is 0 Å². The molecule has 0 fully saturated rings. The molecule has 0 atom stereocenters. The number of rotatable bonds is 6. The van der Waals surface area contributed by atoms with Gasteiger partial charge in [0.2, 0.25) is 0 Å². The zero-order valence-corrected chi connectivity index (χ0v) is 14.7. The number of sulfonamides is 1. The minimum Gasteiger partial charge on any atom is -0.497 e. The van der Waals surface area contributed by atoms with Gasteiger partial charge >= 0.3 is 0 Å². The fourth-order valence-electron chi connectivity index (χ4n) is 2.55. The Balaban J connectivity index is 2.08. The second-order valence-corrected chi connectivity index (χ2v) is 7.37. The monoisotopic (exact) mass is 353 g/mol. The molecule has 0 spiro atoms. The summed E-state index contributed by atoms with van der Waals surface area (Å²) in [6.07, 6.45) is 0. The molecular formula is C20H19NO3S. The molecule has 3 aromatic carbocycles. The van der Waals surface area contributed by atoms with Crippen LogP contribution in [0.5, 0.6) is 5.75 Å². The summed E-state index contributed by atoms with van der Waals surface area (Å²) in [5.41, 5.74) is 1.47. The molecule has 128 valence electrons. The molecule has 0 N–H and O–H groups in total. The smallest absolute Gasteiger partial charge is 0.264 e. The largest absolute Gasteiger partial charge is 0.497 e. The van der Waals surface area contributed by atoms with Gasteiger partial charge < -0.3 is 4.74 Å². The summed E-state index contributed by atoms with van der Waals surface area (Å²) in [4.78, 5) is 0.258. The Morgan fingerprint density at radius 1 is 0.840 bits per heavy atom. The summed E-state index contributed by atoms with van der Waals surface area (Å²) >= 11 is 0. The van der Waals surface area contributed by atoms with Gasteiger partial charge in [-0.2, -0.15) is 0 Å². The molecule has 0 saturated carbocycles. The minimum absolute atomic E-state index is 0.241. The third-order valence-corrected chi connectivity index (χ3v) is 5.63. The fraction of sp³-hybridized carbons (Fsp3) is 0.100. The molecular weight excluding hydrogens is 334 g/mol. The fourth-order valence-corrected chi connectivity index (χ4v) is 4.02. The molecule has 0 aliphatic rings. The van der Waals surface area contributed by atoms with Crippen LogP contribution in [0.2, 0.25) is 0 Å². The van der Waals surface area contributed by atoms with E-state index < -0.39 is 10.0 Å². The van der Waals surface area contributed by atoms with Gasteiger partial charge in [0.25, 0.3) is 10.0 Å². The van der Waals surface area contributed by atoms with Crippen LogP contribution in [0.3, 0.4) is 0 Å². The SMILES string of the molecule is COc1cccc(N(Cc2ccccc2)S(=O)(=O)c2ccccc2)c1. The van der Waals surface area contributed by atoms with Gasteiger partial charge in [-0.25, -0.2) is 8.42 Å². The van der Waals surface area contributed by atoms with Crippen molar-refractivity contribution in [3.8, 4) is 5.75 Å². The van der Waals surface area contributed by atoms with Crippen molar-refractivity contribution >= 4 is 15.7 Å². The van der Waals surface area contributed by atoms with Gasteiger partial charge in [-0.15, -0.1) is 0 Å². The molecule has 0 radical (unpaired) electrons. The van der Waals surface area contributed by atoms with Crippen molar-refractivity contribution in [3.05, 3.63) is 90.5 Å². The van der Waals surface area contributed by atoms with E-state index in [-0.39, 0.29) is 11.4 Å². The van der Waals surface area contributed by atoms with Crippen LogP contribution in [0.4, 0.5) is 5.69 Å².